The Morgan fingerprint density at radius 2 is 0.886 bits per heavy atom. The Kier molecular flexibility index (Phi) is 56.9. The highest BCUT2D eigenvalue weighted by Gasteiger charge is 2.44. The Hall–Kier alpha value is -1.93. The van der Waals surface area contributed by atoms with Gasteiger partial charge in [0.25, 0.3) is 0 Å². The summed E-state index contributed by atoms with van der Waals surface area (Å²) in [5.74, 6) is 5.96. The lowest BCUT2D eigenvalue weighted by Gasteiger charge is -2.26. The quantitative estimate of drug-likeness (QED) is 0.0250. The van der Waals surface area contributed by atoms with Crippen molar-refractivity contribution in [3.8, 4) is 0 Å². The maximum Gasteiger partial charge on any atom is 0.472 e. The minimum Gasteiger partial charge on any atom is -0.391 e. The van der Waals surface area contributed by atoms with Crippen LogP contribution in [0.5, 0.6) is 0 Å². The first-order chi connectivity index (χ1) is 52.6. The van der Waals surface area contributed by atoms with Crippen LogP contribution in [0.4, 0.5) is 0 Å². The maximum atomic E-state index is 13.2. The first-order valence-corrected chi connectivity index (χ1v) is 49.5. The van der Waals surface area contributed by atoms with Crippen molar-refractivity contribution in [3.05, 3.63) is 0 Å². The Morgan fingerprint density at radius 3 is 1.37 bits per heavy atom. The number of phosphoric ester groups is 2. The number of Topliss-reactive ketones (excluding diaryl/α,β-unsaturated/α-hetero) is 2. The summed E-state index contributed by atoms with van der Waals surface area (Å²) in [4.78, 5) is 118. The zero-order chi connectivity index (χ0) is 83.8. The molecule has 5 saturated heterocycles. The summed E-state index contributed by atoms with van der Waals surface area (Å²) in [6.07, 6.45) is 9.34. The first-order valence-electron chi connectivity index (χ1n) is 41.8. The van der Waals surface area contributed by atoms with Crippen LogP contribution in [0.15, 0.2) is 0 Å². The largest absolute Gasteiger partial charge is 0.472 e. The smallest absolute Gasteiger partial charge is 0.391 e. The van der Waals surface area contributed by atoms with Crippen molar-refractivity contribution in [1.82, 2.24) is 29.8 Å². The first kappa shape index (κ1) is 110. The van der Waals surface area contributed by atoms with Crippen molar-refractivity contribution in [1.29, 1.82) is 0 Å². The molecule has 5 amide bonds. The molecule has 12 atom stereocenters. The van der Waals surface area contributed by atoms with Gasteiger partial charge in [-0.1, -0.05) is 119 Å². The number of nitrogens with zero attached hydrogens (tertiary/aromatic N) is 5. The molecule has 5 aliphatic heterocycles. The van der Waals surface area contributed by atoms with Crippen LogP contribution in [0.2, 0.25) is 0 Å². The van der Waals surface area contributed by atoms with Crippen LogP contribution >= 0.6 is 60.8 Å². The van der Waals surface area contributed by atoms with Gasteiger partial charge in [0.15, 0.2) is 0 Å². The molecule has 0 aliphatic carbocycles. The van der Waals surface area contributed by atoms with E-state index in [1.54, 1.807) is 37.3 Å². The highest BCUT2D eigenvalue weighted by atomic mass is 33.1. The van der Waals surface area contributed by atoms with Crippen molar-refractivity contribution in [3.63, 3.8) is 0 Å². The molecule has 670 valence electrons. The minimum absolute atomic E-state index is 0. The summed E-state index contributed by atoms with van der Waals surface area (Å²) in [7, 11) is -5.46. The molecule has 0 aromatic carbocycles. The SMILES string of the molecule is C.C.CC(C)CCC(=O)N1C[C@H](C)C[C@H]1COP(=O)(O)O[C@@H]1C[C@@H](COC(C)C)N(C(=O)CCCSC(C)C)C1.CC(C)CCCSSCC(=O)N1C[C@H](OC(C)C)C[C@H]1COC(C)C.CC(C)NCCCC(=O)CCC(=O)N1C[C@H](O)C[C@H]1COP(=O)(O)O[C@@H]1C[C@@H](COC(C)C)N(C(=O)CCCSCCCC(=O)C(C)C)C1. The van der Waals surface area contributed by atoms with Crippen LogP contribution in [0.1, 0.15) is 268 Å². The van der Waals surface area contributed by atoms with E-state index < -0.39 is 40.0 Å². The number of carbonyl (C=O) groups excluding carboxylic acids is 7. The van der Waals surface area contributed by atoms with E-state index in [9.17, 15) is 57.6 Å². The number of hydrogen-bond acceptors (Lipinski definition) is 23. The number of thioether (sulfide) groups is 2. The Morgan fingerprint density at radius 1 is 0.447 bits per heavy atom. The fourth-order valence-electron chi connectivity index (χ4n) is 13.8. The lowest BCUT2D eigenvalue weighted by atomic mass is 10.1. The van der Waals surface area contributed by atoms with E-state index in [1.807, 2.05) is 111 Å². The lowest BCUT2D eigenvalue weighted by Crippen LogP contribution is -2.40. The third kappa shape index (κ3) is 47.5. The van der Waals surface area contributed by atoms with E-state index in [2.05, 4.69) is 53.8 Å². The topological polar surface area (TPSA) is 316 Å². The molecule has 0 spiro atoms. The Labute approximate surface area is 705 Å². The molecular weight excluding hydrogens is 1580 g/mol. The van der Waals surface area contributed by atoms with Gasteiger partial charge in [0.05, 0.1) is 118 Å². The molecule has 5 rings (SSSR count). The predicted octanol–water partition coefficient (Wildman–Crippen LogP) is 15.1. The number of rotatable bonds is 53. The maximum absolute atomic E-state index is 13.2. The predicted molar refractivity (Wildman–Crippen MR) is 466 cm³/mol. The van der Waals surface area contributed by atoms with Crippen LogP contribution in [0.25, 0.3) is 0 Å². The standard InChI is InChI=1S/C34H62N3O10PS.C27H51N2O7PS.C19H37NO3S2.2CH4/c1-24(2)32(40)11-8-16-49-17-9-12-33(41)37-21-31(19-28(37)22-45-26(5)6)47-48(43,44)46-23-27-18-30(39)20-36(27)34(42)14-13-29(38)10-7-15-35-25(3)4;1-19(2)10-11-27(31)28-15-22(7)13-23(28)18-35-37(32,33)36-25-14-24(17-34-20(3)4)29(16-25)26(30)9-8-12-38-21(5)6;1-14(2)8-7-9-24-25-13-19(21)20-11-18(23-16(5)6)10-17(20)12-22-15(3)4;;/h24-28,30-31,35,39H,7-23H2,1-6H3,(H,43,44);19-25H,8-18H2,1-7H3,(H,32,33);14-18H,7-13H2,1-6H3;2*1H4/t27-,28-,30+,31+;22-,23+,24+,25-;17-,18+;;/m010../s1. The highest BCUT2D eigenvalue weighted by molar-refractivity contribution is 8.76. The number of phosphoric acid groups is 2. The van der Waals surface area contributed by atoms with Crippen LogP contribution in [0, 0.1) is 23.7 Å². The molecule has 5 aliphatic rings. The number of amides is 5. The zero-order valence-corrected chi connectivity index (χ0v) is 76.8. The van der Waals surface area contributed by atoms with Gasteiger partial charge in [-0.15, -0.1) is 0 Å². The van der Waals surface area contributed by atoms with E-state index in [0.29, 0.717) is 113 Å². The molecule has 114 heavy (non-hydrogen) atoms. The minimum atomic E-state index is -4.58. The number of hydrogen-bond donors (Lipinski definition) is 4. The molecule has 5 heterocycles. The van der Waals surface area contributed by atoms with E-state index in [-0.39, 0.29) is 175 Å². The van der Waals surface area contributed by atoms with Gasteiger partial charge in [-0.25, -0.2) is 9.13 Å². The van der Waals surface area contributed by atoms with Crippen molar-refractivity contribution in [2.45, 2.75) is 359 Å². The third-order valence-corrected chi connectivity index (χ3v) is 26.3. The second-order valence-electron chi connectivity index (χ2n) is 33.6. The molecule has 4 N–H and O–H groups in total. The van der Waals surface area contributed by atoms with Crippen molar-refractivity contribution < 1.29 is 94.6 Å². The van der Waals surface area contributed by atoms with Gasteiger partial charge in [0, 0.05) is 95.4 Å². The van der Waals surface area contributed by atoms with E-state index in [4.69, 9.17) is 37.0 Å². The van der Waals surface area contributed by atoms with E-state index in [0.717, 1.165) is 67.6 Å². The zero-order valence-electron chi connectivity index (χ0n) is 71.8. The number of likely N-dealkylation sites (tertiary alicyclic amines) is 5. The average Bonchev–Trinajstić information content (AvgIpc) is 1.67. The molecule has 26 nitrogen and oxygen atoms in total. The molecule has 5 fully saturated rings. The summed E-state index contributed by atoms with van der Waals surface area (Å²) in [6, 6.07) is -0.930. The van der Waals surface area contributed by atoms with Gasteiger partial charge in [0.1, 0.15) is 11.6 Å². The van der Waals surface area contributed by atoms with Crippen LogP contribution < -0.4 is 5.32 Å². The molecule has 0 bridgehead atoms. The summed E-state index contributed by atoms with van der Waals surface area (Å²) >= 11 is 3.55. The normalized spacial score (nSPS) is 22.8. The number of ether oxygens (including phenoxy) is 4. The van der Waals surface area contributed by atoms with Gasteiger partial charge < -0.3 is 63.7 Å². The summed E-state index contributed by atoms with van der Waals surface area (Å²) < 4.78 is 71.1. The lowest BCUT2D eigenvalue weighted by molar-refractivity contribution is -0.135. The number of aliphatic hydroxyl groups excluding tert-OH is 1. The molecule has 32 heteroatoms. The van der Waals surface area contributed by atoms with Crippen molar-refractivity contribution >= 4 is 102 Å². The number of nitrogens with one attached hydrogen (secondary N) is 1. The van der Waals surface area contributed by atoms with Gasteiger partial charge >= 0.3 is 15.6 Å². The highest BCUT2D eigenvalue weighted by Crippen LogP contribution is 2.49. The number of ketones is 2. The molecular formula is C82H158N6O20P2S4. The fraction of sp³-hybridized carbons (Fsp3) is 0.915. The Balaban J connectivity index is 0.000000891. The average molecular weight is 1740 g/mol. The van der Waals surface area contributed by atoms with Crippen LogP contribution in [-0.2, 0) is 79.7 Å². The third-order valence-electron chi connectivity index (χ3n) is 19.5. The monoisotopic (exact) mass is 1740 g/mol. The molecule has 0 saturated carbocycles. The van der Waals surface area contributed by atoms with Crippen molar-refractivity contribution in [2.24, 2.45) is 23.7 Å². The molecule has 0 aromatic heterocycles. The van der Waals surface area contributed by atoms with Gasteiger partial charge in [-0.3, -0.25) is 51.7 Å². The summed E-state index contributed by atoms with van der Waals surface area (Å²) in [5.41, 5.74) is 0. The van der Waals surface area contributed by atoms with Gasteiger partial charge in [-0.2, -0.15) is 23.5 Å². The summed E-state index contributed by atoms with van der Waals surface area (Å²) in [5, 5.41) is 14.0. The second-order valence-corrected chi connectivity index (χ2v) is 41.9. The van der Waals surface area contributed by atoms with Crippen LogP contribution in [0.3, 0.4) is 0 Å². The Bertz CT molecular complexity index is 2820. The number of carbonyl (C=O) groups is 7. The number of β-amino-alcohol motifs (C(OH)–C–C–N with tert-alkyl or cyclic N) is 1. The number of aliphatic hydroxyl groups is 1. The fourth-order valence-corrected chi connectivity index (χ4v) is 19.3. The molecule has 2 unspecified atom stereocenters. The van der Waals surface area contributed by atoms with E-state index in [1.165, 1.54) is 17.7 Å². The second kappa shape index (κ2) is 59.0. The van der Waals surface area contributed by atoms with Gasteiger partial charge in [0.2, 0.25) is 29.5 Å². The molecule has 0 radical (unpaired) electrons. The molecule has 0 aromatic rings. The van der Waals surface area contributed by atoms with Crippen LogP contribution in [-0.4, -0.2) is 272 Å². The van der Waals surface area contributed by atoms with Gasteiger partial charge in [-0.05, 0) is 173 Å². The summed E-state index contributed by atoms with van der Waals surface area (Å²) in [6.45, 7) is 42.1. The van der Waals surface area contributed by atoms with Crippen molar-refractivity contribution in [2.75, 3.05) is 101 Å². The van der Waals surface area contributed by atoms with E-state index >= 15 is 0 Å².